The van der Waals surface area contributed by atoms with Crippen molar-refractivity contribution < 1.29 is 4.74 Å². The molecular weight excluding hydrogens is 236 g/mol. The van der Waals surface area contributed by atoms with E-state index in [0.717, 1.165) is 42.8 Å². The van der Waals surface area contributed by atoms with Gasteiger partial charge in [-0.15, -0.1) is 0 Å². The van der Waals surface area contributed by atoms with Crippen LogP contribution in [0.2, 0.25) is 0 Å². The van der Waals surface area contributed by atoms with Crippen LogP contribution in [0.4, 0.5) is 0 Å². The molecule has 3 nitrogen and oxygen atoms in total. The molecule has 1 N–H and O–H groups in total. The molecule has 0 amide bonds. The number of aromatic nitrogens is 1. The van der Waals surface area contributed by atoms with Crippen molar-refractivity contribution in [2.75, 3.05) is 19.7 Å². The number of benzene rings is 1. The normalized spacial score (nSPS) is 11.1. The second kappa shape index (κ2) is 7.10. The Labute approximate surface area is 115 Å². The van der Waals surface area contributed by atoms with E-state index in [4.69, 9.17) is 4.74 Å². The molecule has 0 spiro atoms. The van der Waals surface area contributed by atoms with Gasteiger partial charge in [-0.3, -0.25) is 4.98 Å². The maximum Gasteiger partial charge on any atom is 0.138 e. The van der Waals surface area contributed by atoms with E-state index in [2.05, 4.69) is 30.2 Å². The zero-order valence-corrected chi connectivity index (χ0v) is 11.7. The van der Waals surface area contributed by atoms with Crippen molar-refractivity contribution >= 4 is 10.9 Å². The van der Waals surface area contributed by atoms with E-state index >= 15 is 0 Å². The van der Waals surface area contributed by atoms with E-state index in [0.29, 0.717) is 5.92 Å². The molecule has 1 aromatic heterocycles. The van der Waals surface area contributed by atoms with E-state index in [1.807, 2.05) is 24.3 Å². The van der Waals surface area contributed by atoms with Crippen molar-refractivity contribution in [1.82, 2.24) is 10.3 Å². The summed E-state index contributed by atoms with van der Waals surface area (Å²) in [4.78, 5) is 4.38. The lowest BCUT2D eigenvalue weighted by Gasteiger charge is -2.09. The topological polar surface area (TPSA) is 34.1 Å². The number of hydrogen-bond donors (Lipinski definition) is 1. The summed E-state index contributed by atoms with van der Waals surface area (Å²) in [5.74, 6) is 1.55. The van der Waals surface area contributed by atoms with Crippen LogP contribution in [-0.2, 0) is 0 Å². The first kappa shape index (κ1) is 13.8. The third-order valence-corrected chi connectivity index (χ3v) is 2.88. The number of para-hydroxylation sites is 1. The largest absolute Gasteiger partial charge is 0.492 e. The summed E-state index contributed by atoms with van der Waals surface area (Å²) in [6, 6.07) is 10.1. The van der Waals surface area contributed by atoms with Gasteiger partial charge in [-0.1, -0.05) is 32.0 Å². The molecule has 19 heavy (non-hydrogen) atoms. The van der Waals surface area contributed by atoms with Crippen molar-refractivity contribution in [3.05, 3.63) is 36.5 Å². The van der Waals surface area contributed by atoms with Crippen molar-refractivity contribution in [2.24, 2.45) is 5.92 Å². The highest BCUT2D eigenvalue weighted by molar-refractivity contribution is 5.79. The van der Waals surface area contributed by atoms with Gasteiger partial charge in [-0.2, -0.15) is 0 Å². The summed E-state index contributed by atoms with van der Waals surface area (Å²) < 4.78 is 5.72. The first-order chi connectivity index (χ1) is 9.25. The van der Waals surface area contributed by atoms with Gasteiger partial charge >= 0.3 is 0 Å². The molecule has 0 aliphatic heterocycles. The Morgan fingerprint density at radius 3 is 2.95 bits per heavy atom. The molecule has 2 rings (SSSR count). The lowest BCUT2D eigenvalue weighted by Crippen LogP contribution is -2.22. The third-order valence-electron chi connectivity index (χ3n) is 2.88. The molecule has 0 atom stereocenters. The van der Waals surface area contributed by atoms with E-state index in [9.17, 15) is 0 Å². The lowest BCUT2D eigenvalue weighted by molar-refractivity contribution is 0.306. The van der Waals surface area contributed by atoms with Crippen LogP contribution in [0.3, 0.4) is 0 Å². The van der Waals surface area contributed by atoms with Gasteiger partial charge in [0.05, 0.1) is 18.3 Å². The fourth-order valence-corrected chi connectivity index (χ4v) is 1.91. The van der Waals surface area contributed by atoms with Crippen LogP contribution in [0, 0.1) is 5.92 Å². The Morgan fingerprint density at radius 1 is 1.26 bits per heavy atom. The molecular formula is C16H22N2O. The number of ether oxygens (including phenoxy) is 1. The molecule has 0 bridgehead atoms. The lowest BCUT2D eigenvalue weighted by atomic mass is 10.2. The van der Waals surface area contributed by atoms with Gasteiger partial charge in [-0.25, -0.2) is 0 Å². The molecule has 0 aliphatic rings. The molecule has 3 heteroatoms. The predicted molar refractivity (Wildman–Crippen MR) is 79.6 cm³/mol. The fraction of sp³-hybridized carbons (Fsp3) is 0.438. The molecule has 0 radical (unpaired) electrons. The van der Waals surface area contributed by atoms with E-state index in [1.54, 1.807) is 6.20 Å². The standard InChI is InChI=1S/C16H22N2O/c1-13(2)11-17-8-5-9-19-15-10-14-6-3-4-7-16(14)18-12-15/h3-4,6-7,10,12-13,17H,5,8-9,11H2,1-2H3. The van der Waals surface area contributed by atoms with Crippen LogP contribution in [0.1, 0.15) is 20.3 Å². The minimum atomic E-state index is 0.700. The molecule has 0 aliphatic carbocycles. The van der Waals surface area contributed by atoms with E-state index in [1.165, 1.54) is 0 Å². The minimum Gasteiger partial charge on any atom is -0.492 e. The maximum atomic E-state index is 5.72. The summed E-state index contributed by atoms with van der Waals surface area (Å²) in [5, 5.41) is 4.53. The summed E-state index contributed by atoms with van der Waals surface area (Å²) in [7, 11) is 0. The van der Waals surface area contributed by atoms with Crippen LogP contribution in [0.15, 0.2) is 36.5 Å². The molecule has 102 valence electrons. The highest BCUT2D eigenvalue weighted by Gasteiger charge is 1.98. The van der Waals surface area contributed by atoms with E-state index < -0.39 is 0 Å². The zero-order chi connectivity index (χ0) is 13.5. The van der Waals surface area contributed by atoms with Gasteiger partial charge in [0, 0.05) is 5.39 Å². The molecule has 2 aromatic rings. The van der Waals surface area contributed by atoms with Crippen molar-refractivity contribution in [3.63, 3.8) is 0 Å². The first-order valence-corrected chi connectivity index (χ1v) is 6.94. The van der Waals surface area contributed by atoms with E-state index in [-0.39, 0.29) is 0 Å². The summed E-state index contributed by atoms with van der Waals surface area (Å²) in [6.45, 7) is 7.22. The third kappa shape index (κ3) is 4.52. The number of pyridine rings is 1. The van der Waals surface area contributed by atoms with Gasteiger partial charge < -0.3 is 10.1 Å². The Balaban J connectivity index is 1.75. The Hall–Kier alpha value is -1.61. The van der Waals surface area contributed by atoms with Crippen molar-refractivity contribution in [1.29, 1.82) is 0 Å². The van der Waals surface area contributed by atoms with Crippen LogP contribution >= 0.6 is 0 Å². The number of nitrogens with one attached hydrogen (secondary N) is 1. The van der Waals surface area contributed by atoms with Gasteiger partial charge in [-0.05, 0) is 37.6 Å². The fourth-order valence-electron chi connectivity index (χ4n) is 1.91. The monoisotopic (exact) mass is 258 g/mol. The summed E-state index contributed by atoms with van der Waals surface area (Å²) >= 11 is 0. The SMILES string of the molecule is CC(C)CNCCCOc1cnc2ccccc2c1. The number of fused-ring (bicyclic) bond motifs is 1. The van der Waals surface area contributed by atoms with Crippen LogP contribution < -0.4 is 10.1 Å². The molecule has 0 saturated heterocycles. The van der Waals surface area contributed by atoms with Crippen LogP contribution in [0.5, 0.6) is 5.75 Å². The molecule has 0 fully saturated rings. The summed E-state index contributed by atoms with van der Waals surface area (Å²) in [6.07, 6.45) is 2.81. The Bertz CT molecular complexity index is 511. The minimum absolute atomic E-state index is 0.700. The molecule has 0 saturated carbocycles. The maximum absolute atomic E-state index is 5.72. The second-order valence-electron chi connectivity index (χ2n) is 5.16. The zero-order valence-electron chi connectivity index (χ0n) is 11.7. The highest BCUT2D eigenvalue weighted by atomic mass is 16.5. The van der Waals surface area contributed by atoms with Gasteiger partial charge in [0.1, 0.15) is 5.75 Å². The average Bonchev–Trinajstić information content (AvgIpc) is 2.42. The Kier molecular flexibility index (Phi) is 5.16. The molecule has 1 heterocycles. The van der Waals surface area contributed by atoms with Gasteiger partial charge in [0.2, 0.25) is 0 Å². The van der Waals surface area contributed by atoms with Gasteiger partial charge in [0.15, 0.2) is 0 Å². The van der Waals surface area contributed by atoms with Crippen molar-refractivity contribution in [3.8, 4) is 5.75 Å². The van der Waals surface area contributed by atoms with Gasteiger partial charge in [0.25, 0.3) is 0 Å². The average molecular weight is 258 g/mol. The Morgan fingerprint density at radius 2 is 2.11 bits per heavy atom. The highest BCUT2D eigenvalue weighted by Crippen LogP contribution is 2.17. The smallest absolute Gasteiger partial charge is 0.138 e. The van der Waals surface area contributed by atoms with Crippen molar-refractivity contribution in [2.45, 2.75) is 20.3 Å². The molecule has 1 aromatic carbocycles. The predicted octanol–water partition coefficient (Wildman–Crippen LogP) is 3.25. The quantitative estimate of drug-likeness (QED) is 0.774. The van der Waals surface area contributed by atoms with Crippen LogP contribution in [0.25, 0.3) is 10.9 Å². The second-order valence-corrected chi connectivity index (χ2v) is 5.16. The molecule has 0 unspecified atom stereocenters. The summed E-state index contributed by atoms with van der Waals surface area (Å²) in [5.41, 5.74) is 1.01. The first-order valence-electron chi connectivity index (χ1n) is 6.94. The van der Waals surface area contributed by atoms with Crippen LogP contribution in [-0.4, -0.2) is 24.7 Å². The number of hydrogen-bond acceptors (Lipinski definition) is 3. The number of rotatable bonds is 7. The number of nitrogens with zero attached hydrogens (tertiary/aromatic N) is 1.